The number of carboxylic acids is 1. The van der Waals surface area contributed by atoms with Gasteiger partial charge < -0.3 is 5.11 Å². The van der Waals surface area contributed by atoms with Crippen molar-refractivity contribution < 1.29 is 14.3 Å². The molecule has 108 valence electrons. The molecule has 0 radical (unpaired) electrons. The maximum atomic E-state index is 14.1. The maximum absolute atomic E-state index is 14.1. The first kappa shape index (κ1) is 15.0. The minimum Gasteiger partial charge on any atom is -0.481 e. The molecule has 1 aromatic heterocycles. The highest BCUT2D eigenvalue weighted by Crippen LogP contribution is 2.24. The quantitative estimate of drug-likeness (QED) is 0.850. The fourth-order valence-corrected chi connectivity index (χ4v) is 2.43. The van der Waals surface area contributed by atoms with Crippen LogP contribution < -0.4 is 0 Å². The van der Waals surface area contributed by atoms with E-state index in [1.807, 2.05) is 13.0 Å². The number of nitrogens with zero attached hydrogens (tertiary/aromatic N) is 4. The molecule has 21 heavy (non-hydrogen) atoms. The van der Waals surface area contributed by atoms with Gasteiger partial charge in [0.25, 0.3) is 0 Å². The molecule has 1 N–H and O–H groups in total. The number of hydrogen-bond donors (Lipinski definition) is 1. The zero-order valence-electron chi connectivity index (χ0n) is 11.1. The number of carbonyl (C=O) groups is 1. The summed E-state index contributed by atoms with van der Waals surface area (Å²) in [5.41, 5.74) is 0.408. The van der Waals surface area contributed by atoms with Crippen LogP contribution in [0.5, 0.6) is 0 Å². The van der Waals surface area contributed by atoms with E-state index in [0.29, 0.717) is 17.4 Å². The van der Waals surface area contributed by atoms with Crippen molar-refractivity contribution in [2.24, 2.45) is 0 Å². The number of halogens is 1. The number of carboxylic acid groups (broad SMARTS) is 1. The van der Waals surface area contributed by atoms with Crippen molar-refractivity contribution in [3.63, 3.8) is 0 Å². The third kappa shape index (κ3) is 3.20. The Balaban J connectivity index is 2.49. The van der Waals surface area contributed by atoms with Crippen LogP contribution in [-0.4, -0.2) is 31.6 Å². The van der Waals surface area contributed by atoms with E-state index in [9.17, 15) is 9.18 Å². The number of benzene rings is 1. The second-order valence-electron chi connectivity index (χ2n) is 4.05. The number of rotatable bonds is 5. The third-order valence-corrected chi connectivity index (χ3v) is 3.57. The summed E-state index contributed by atoms with van der Waals surface area (Å²) in [5, 5.41) is 25.6. The summed E-state index contributed by atoms with van der Waals surface area (Å²) in [6.45, 7) is 1.84. The second kappa shape index (κ2) is 6.37. The molecule has 0 aliphatic carbocycles. The number of nitriles is 1. The Morgan fingerprint density at radius 3 is 2.86 bits per heavy atom. The molecule has 1 heterocycles. The van der Waals surface area contributed by atoms with Crippen LogP contribution in [0.2, 0.25) is 0 Å². The molecule has 0 unspecified atom stereocenters. The van der Waals surface area contributed by atoms with Crippen LogP contribution in [0.15, 0.2) is 23.4 Å². The zero-order valence-corrected chi connectivity index (χ0v) is 11.9. The van der Waals surface area contributed by atoms with Gasteiger partial charge in [-0.15, -0.1) is 10.2 Å². The van der Waals surface area contributed by atoms with Crippen LogP contribution >= 0.6 is 11.8 Å². The van der Waals surface area contributed by atoms with E-state index in [-0.39, 0.29) is 17.0 Å². The monoisotopic (exact) mass is 306 g/mol. The Morgan fingerprint density at radius 1 is 1.52 bits per heavy atom. The summed E-state index contributed by atoms with van der Waals surface area (Å²) >= 11 is 0.963. The first-order valence-corrected chi connectivity index (χ1v) is 7.04. The van der Waals surface area contributed by atoms with Gasteiger partial charge in [0.15, 0.2) is 5.16 Å². The van der Waals surface area contributed by atoms with Crippen LogP contribution in [0.3, 0.4) is 0 Å². The Labute approximate surface area is 124 Å². The van der Waals surface area contributed by atoms with E-state index in [2.05, 4.69) is 10.2 Å². The van der Waals surface area contributed by atoms with Gasteiger partial charge in [0.1, 0.15) is 11.6 Å². The van der Waals surface area contributed by atoms with Gasteiger partial charge in [-0.05, 0) is 18.2 Å². The Kier molecular flexibility index (Phi) is 4.55. The highest BCUT2D eigenvalue weighted by molar-refractivity contribution is 7.99. The molecule has 0 fully saturated rings. The lowest BCUT2D eigenvalue weighted by Gasteiger charge is -2.10. The summed E-state index contributed by atoms with van der Waals surface area (Å²) in [7, 11) is 0. The van der Waals surface area contributed by atoms with Crippen LogP contribution in [-0.2, 0) is 11.2 Å². The SMILES string of the molecule is CCc1nnc(SCC(=O)O)n1-c1ccc(C#N)cc1F. The first-order chi connectivity index (χ1) is 10.1. The van der Waals surface area contributed by atoms with Gasteiger partial charge in [-0.1, -0.05) is 18.7 Å². The molecule has 0 saturated carbocycles. The van der Waals surface area contributed by atoms with Crippen LogP contribution in [0.1, 0.15) is 18.3 Å². The highest BCUT2D eigenvalue weighted by atomic mass is 32.2. The molecule has 0 bridgehead atoms. The first-order valence-electron chi connectivity index (χ1n) is 6.05. The van der Waals surface area contributed by atoms with Crippen molar-refractivity contribution in [3.05, 3.63) is 35.4 Å². The fourth-order valence-electron chi connectivity index (χ4n) is 1.75. The van der Waals surface area contributed by atoms with Gasteiger partial charge in [-0.25, -0.2) is 4.39 Å². The normalized spacial score (nSPS) is 10.3. The Hall–Kier alpha value is -2.40. The van der Waals surface area contributed by atoms with Gasteiger partial charge in [0.2, 0.25) is 0 Å². The van der Waals surface area contributed by atoms with Gasteiger partial charge in [0.05, 0.1) is 23.1 Å². The Bertz CT molecular complexity index is 723. The summed E-state index contributed by atoms with van der Waals surface area (Å²) in [6.07, 6.45) is 0.514. The standard InChI is InChI=1S/C13H11FN4O2S/c1-2-11-16-17-13(21-7-12(19)20)18(11)10-4-3-8(6-15)5-9(10)14/h3-5H,2,7H2,1H3,(H,19,20). The molecule has 8 heteroatoms. The van der Waals surface area contributed by atoms with Crippen LogP contribution in [0.4, 0.5) is 4.39 Å². The van der Waals surface area contributed by atoms with Crippen molar-refractivity contribution in [1.82, 2.24) is 14.8 Å². The van der Waals surface area contributed by atoms with Gasteiger partial charge in [0, 0.05) is 6.42 Å². The van der Waals surface area contributed by atoms with E-state index >= 15 is 0 Å². The summed E-state index contributed by atoms with van der Waals surface area (Å²) in [5.74, 6) is -1.25. The maximum Gasteiger partial charge on any atom is 0.313 e. The molecule has 0 aliphatic heterocycles. The summed E-state index contributed by atoms with van der Waals surface area (Å²) in [6, 6.07) is 5.93. The van der Waals surface area contributed by atoms with Gasteiger partial charge in [-0.2, -0.15) is 5.26 Å². The smallest absolute Gasteiger partial charge is 0.313 e. The van der Waals surface area contributed by atoms with Crippen molar-refractivity contribution in [2.45, 2.75) is 18.5 Å². The molecular formula is C13H11FN4O2S. The lowest BCUT2D eigenvalue weighted by molar-refractivity contribution is -0.133. The molecular weight excluding hydrogens is 295 g/mol. The van der Waals surface area contributed by atoms with Gasteiger partial charge >= 0.3 is 5.97 Å². The predicted octanol–water partition coefficient (Wildman–Crippen LogP) is 2.02. The molecule has 2 aromatic rings. The van der Waals surface area contributed by atoms with E-state index < -0.39 is 11.8 Å². The fraction of sp³-hybridized carbons (Fsp3) is 0.231. The van der Waals surface area contributed by atoms with Crippen LogP contribution in [0, 0.1) is 17.1 Å². The van der Waals surface area contributed by atoms with Crippen molar-refractivity contribution in [2.75, 3.05) is 5.75 Å². The van der Waals surface area contributed by atoms with Crippen molar-refractivity contribution >= 4 is 17.7 Å². The van der Waals surface area contributed by atoms with Crippen LogP contribution in [0.25, 0.3) is 5.69 Å². The molecule has 0 atom stereocenters. The summed E-state index contributed by atoms with van der Waals surface area (Å²) in [4.78, 5) is 10.7. The summed E-state index contributed by atoms with van der Waals surface area (Å²) < 4.78 is 15.6. The molecule has 0 saturated heterocycles. The number of aromatic nitrogens is 3. The Morgan fingerprint density at radius 2 is 2.29 bits per heavy atom. The molecule has 1 aromatic carbocycles. The molecule has 0 amide bonds. The van der Waals surface area contributed by atoms with E-state index in [0.717, 1.165) is 17.8 Å². The molecule has 0 spiro atoms. The third-order valence-electron chi connectivity index (χ3n) is 2.66. The molecule has 2 rings (SSSR count). The van der Waals surface area contributed by atoms with E-state index in [1.54, 1.807) is 0 Å². The number of aliphatic carboxylic acids is 1. The largest absolute Gasteiger partial charge is 0.481 e. The number of thioether (sulfide) groups is 1. The second-order valence-corrected chi connectivity index (χ2v) is 4.99. The minimum atomic E-state index is -0.993. The minimum absolute atomic E-state index is 0.195. The highest BCUT2D eigenvalue weighted by Gasteiger charge is 2.17. The zero-order chi connectivity index (χ0) is 15.4. The molecule has 0 aliphatic rings. The van der Waals surface area contributed by atoms with Gasteiger partial charge in [-0.3, -0.25) is 9.36 Å². The van der Waals surface area contributed by atoms with Crippen molar-refractivity contribution in [1.29, 1.82) is 5.26 Å². The average Bonchev–Trinajstić information content (AvgIpc) is 2.87. The van der Waals surface area contributed by atoms with Crippen molar-refractivity contribution in [3.8, 4) is 11.8 Å². The number of hydrogen-bond acceptors (Lipinski definition) is 5. The molecule has 6 nitrogen and oxygen atoms in total. The topological polar surface area (TPSA) is 91.8 Å². The predicted molar refractivity (Wildman–Crippen MR) is 73.8 cm³/mol. The lowest BCUT2D eigenvalue weighted by Crippen LogP contribution is -2.06. The lowest BCUT2D eigenvalue weighted by atomic mass is 10.2. The van der Waals surface area contributed by atoms with E-state index in [1.165, 1.54) is 16.7 Å². The van der Waals surface area contributed by atoms with E-state index in [4.69, 9.17) is 10.4 Å². The average molecular weight is 306 g/mol. The number of aryl methyl sites for hydroxylation is 1.